The van der Waals surface area contributed by atoms with Crippen molar-refractivity contribution >= 4 is 5.91 Å². The Morgan fingerprint density at radius 2 is 2.27 bits per heavy atom. The highest BCUT2D eigenvalue weighted by Crippen LogP contribution is 2.46. The molecular weight excluding hydrogens is 276 g/mol. The van der Waals surface area contributed by atoms with Gasteiger partial charge in [0.1, 0.15) is 0 Å². The molecule has 2 fully saturated rings. The molecule has 0 radical (unpaired) electrons. The first-order valence-electron chi connectivity index (χ1n) is 8.61. The zero-order valence-corrected chi connectivity index (χ0v) is 13.6. The molecule has 122 valence electrons. The number of hydrogen-bond donors (Lipinski definition) is 1. The number of aromatic nitrogens is 2. The Morgan fingerprint density at radius 3 is 2.95 bits per heavy atom. The van der Waals surface area contributed by atoms with E-state index in [0.717, 1.165) is 19.5 Å². The van der Waals surface area contributed by atoms with Crippen molar-refractivity contribution in [3.8, 4) is 0 Å². The molecule has 22 heavy (non-hydrogen) atoms. The van der Waals surface area contributed by atoms with Crippen molar-refractivity contribution in [2.75, 3.05) is 20.1 Å². The number of nitrogens with one attached hydrogen (secondary N) is 1. The third kappa shape index (κ3) is 4.09. The van der Waals surface area contributed by atoms with E-state index >= 15 is 0 Å². The van der Waals surface area contributed by atoms with Gasteiger partial charge in [0.25, 0.3) is 0 Å². The van der Waals surface area contributed by atoms with Gasteiger partial charge in [-0.1, -0.05) is 6.42 Å². The molecule has 5 nitrogen and oxygen atoms in total. The molecule has 1 N–H and O–H groups in total. The number of hydrogen-bond acceptors (Lipinski definition) is 3. The molecule has 0 spiro atoms. The summed E-state index contributed by atoms with van der Waals surface area (Å²) in [5.41, 5.74) is 0.253. The van der Waals surface area contributed by atoms with E-state index in [1.807, 2.05) is 23.1 Å². The zero-order chi connectivity index (χ0) is 15.4. The van der Waals surface area contributed by atoms with Gasteiger partial charge in [-0.15, -0.1) is 0 Å². The minimum Gasteiger partial charge on any atom is -0.355 e. The highest BCUT2D eigenvalue weighted by Gasteiger charge is 2.43. The molecule has 5 heteroatoms. The lowest BCUT2D eigenvalue weighted by Crippen LogP contribution is -2.38. The van der Waals surface area contributed by atoms with Crippen LogP contribution in [0.5, 0.6) is 0 Å². The van der Waals surface area contributed by atoms with Gasteiger partial charge in [0.15, 0.2) is 0 Å². The van der Waals surface area contributed by atoms with Gasteiger partial charge in [0, 0.05) is 43.4 Å². The van der Waals surface area contributed by atoms with Crippen molar-refractivity contribution in [1.29, 1.82) is 0 Å². The van der Waals surface area contributed by atoms with E-state index in [2.05, 4.69) is 22.4 Å². The molecule has 1 atom stereocenters. The second-order valence-corrected chi connectivity index (χ2v) is 7.15. The summed E-state index contributed by atoms with van der Waals surface area (Å²) in [5, 5.41) is 7.43. The Morgan fingerprint density at radius 1 is 1.41 bits per heavy atom. The van der Waals surface area contributed by atoms with Gasteiger partial charge in [0.05, 0.1) is 0 Å². The van der Waals surface area contributed by atoms with Crippen LogP contribution in [0.15, 0.2) is 18.5 Å². The summed E-state index contributed by atoms with van der Waals surface area (Å²) in [6, 6.07) is 2.55. The number of amides is 1. The molecule has 1 amide bonds. The van der Waals surface area contributed by atoms with Crippen LogP contribution in [0.25, 0.3) is 0 Å². The molecule has 0 unspecified atom stereocenters. The topological polar surface area (TPSA) is 50.2 Å². The van der Waals surface area contributed by atoms with Gasteiger partial charge in [-0.2, -0.15) is 5.10 Å². The standard InChI is InChI=1S/C17H28N4O/c1-20-11-3-2-5-15(20)6-7-16(22)18-13-17(8-9-17)14-21-12-4-10-19-21/h4,10,12,15H,2-3,5-9,11,13-14H2,1H3,(H,18,22)/t15-/m0/s1. The fourth-order valence-corrected chi connectivity index (χ4v) is 3.49. The van der Waals surface area contributed by atoms with E-state index in [0.29, 0.717) is 12.5 Å². The van der Waals surface area contributed by atoms with E-state index in [1.54, 1.807) is 0 Å². The Bertz CT molecular complexity index is 481. The number of carbonyl (C=O) groups is 1. The monoisotopic (exact) mass is 304 g/mol. The van der Waals surface area contributed by atoms with Crippen molar-refractivity contribution < 1.29 is 4.79 Å². The number of likely N-dealkylation sites (tertiary alicyclic amines) is 1. The maximum absolute atomic E-state index is 12.1. The van der Waals surface area contributed by atoms with Crippen molar-refractivity contribution in [3.05, 3.63) is 18.5 Å². The smallest absolute Gasteiger partial charge is 0.220 e. The van der Waals surface area contributed by atoms with Crippen LogP contribution >= 0.6 is 0 Å². The zero-order valence-electron chi connectivity index (χ0n) is 13.6. The summed E-state index contributed by atoms with van der Waals surface area (Å²) in [4.78, 5) is 14.5. The molecule has 2 heterocycles. The SMILES string of the molecule is CN1CCCC[C@H]1CCC(=O)NCC1(Cn2cccn2)CC1. The molecule has 0 aromatic carbocycles. The Kier molecular flexibility index (Phi) is 4.81. The fraction of sp³-hybridized carbons (Fsp3) is 0.765. The first-order valence-corrected chi connectivity index (χ1v) is 8.61. The maximum Gasteiger partial charge on any atom is 0.220 e. The molecule has 1 aliphatic heterocycles. The summed E-state index contributed by atoms with van der Waals surface area (Å²) in [5.74, 6) is 0.214. The van der Waals surface area contributed by atoms with Crippen LogP contribution in [0.4, 0.5) is 0 Å². The van der Waals surface area contributed by atoms with Crippen LogP contribution in [-0.2, 0) is 11.3 Å². The number of piperidine rings is 1. The number of nitrogens with zero attached hydrogens (tertiary/aromatic N) is 3. The summed E-state index contributed by atoms with van der Waals surface area (Å²) in [6.45, 7) is 2.90. The van der Waals surface area contributed by atoms with Crippen molar-refractivity contribution in [1.82, 2.24) is 20.0 Å². The van der Waals surface area contributed by atoms with Gasteiger partial charge in [-0.3, -0.25) is 9.48 Å². The molecule has 1 aromatic rings. The first kappa shape index (κ1) is 15.5. The van der Waals surface area contributed by atoms with E-state index in [1.165, 1.54) is 38.6 Å². The molecule has 0 bridgehead atoms. The minimum atomic E-state index is 0.214. The molecule has 3 rings (SSSR count). The first-order chi connectivity index (χ1) is 10.7. The van der Waals surface area contributed by atoms with E-state index in [4.69, 9.17) is 0 Å². The van der Waals surface area contributed by atoms with Gasteiger partial charge >= 0.3 is 0 Å². The van der Waals surface area contributed by atoms with Crippen LogP contribution in [-0.4, -0.2) is 46.8 Å². The van der Waals surface area contributed by atoms with Crippen LogP contribution in [0.2, 0.25) is 0 Å². The minimum absolute atomic E-state index is 0.214. The van der Waals surface area contributed by atoms with E-state index in [-0.39, 0.29) is 11.3 Å². The average Bonchev–Trinajstić information content (AvgIpc) is 3.08. The number of rotatable bonds is 7. The summed E-state index contributed by atoms with van der Waals surface area (Å²) in [7, 11) is 2.19. The molecule has 1 aliphatic carbocycles. The lowest BCUT2D eigenvalue weighted by atomic mass is 9.98. The lowest BCUT2D eigenvalue weighted by molar-refractivity contribution is -0.121. The van der Waals surface area contributed by atoms with Gasteiger partial charge < -0.3 is 10.2 Å². The normalized spacial score (nSPS) is 24.1. The quantitative estimate of drug-likeness (QED) is 0.839. The lowest BCUT2D eigenvalue weighted by Gasteiger charge is -2.32. The Balaban J connectivity index is 1.37. The average molecular weight is 304 g/mol. The van der Waals surface area contributed by atoms with Crippen LogP contribution < -0.4 is 5.32 Å². The second-order valence-electron chi connectivity index (χ2n) is 7.15. The Labute approximate surface area is 133 Å². The van der Waals surface area contributed by atoms with Crippen LogP contribution in [0, 0.1) is 5.41 Å². The van der Waals surface area contributed by atoms with Crippen molar-refractivity contribution in [3.63, 3.8) is 0 Å². The largest absolute Gasteiger partial charge is 0.355 e. The van der Waals surface area contributed by atoms with Gasteiger partial charge in [0.2, 0.25) is 5.91 Å². The van der Waals surface area contributed by atoms with Crippen molar-refractivity contribution in [2.45, 2.75) is 57.5 Å². The fourth-order valence-electron chi connectivity index (χ4n) is 3.49. The van der Waals surface area contributed by atoms with Gasteiger partial charge in [-0.25, -0.2) is 0 Å². The van der Waals surface area contributed by atoms with Gasteiger partial charge in [-0.05, 0) is 51.8 Å². The van der Waals surface area contributed by atoms with E-state index in [9.17, 15) is 4.79 Å². The third-order valence-electron chi connectivity index (χ3n) is 5.30. The van der Waals surface area contributed by atoms with E-state index < -0.39 is 0 Å². The highest BCUT2D eigenvalue weighted by atomic mass is 16.1. The predicted octanol–water partition coefficient (Wildman–Crippen LogP) is 2.04. The summed E-state index contributed by atoms with van der Waals surface area (Å²) in [6.07, 6.45) is 11.7. The molecule has 2 aliphatic rings. The third-order valence-corrected chi connectivity index (χ3v) is 5.30. The molecule has 1 aromatic heterocycles. The second kappa shape index (κ2) is 6.82. The summed E-state index contributed by atoms with van der Waals surface area (Å²) >= 11 is 0. The molecular formula is C17H28N4O. The number of carbonyl (C=O) groups excluding carboxylic acids is 1. The Hall–Kier alpha value is -1.36. The van der Waals surface area contributed by atoms with Crippen molar-refractivity contribution in [2.24, 2.45) is 5.41 Å². The molecule has 1 saturated carbocycles. The van der Waals surface area contributed by atoms with Crippen LogP contribution in [0.3, 0.4) is 0 Å². The maximum atomic E-state index is 12.1. The summed E-state index contributed by atoms with van der Waals surface area (Å²) < 4.78 is 1.98. The molecule has 1 saturated heterocycles. The predicted molar refractivity (Wildman–Crippen MR) is 86.4 cm³/mol. The van der Waals surface area contributed by atoms with Crippen LogP contribution in [0.1, 0.15) is 44.9 Å². The highest BCUT2D eigenvalue weighted by molar-refractivity contribution is 5.76.